The van der Waals surface area contributed by atoms with Crippen molar-refractivity contribution in [2.24, 2.45) is 0 Å². The van der Waals surface area contributed by atoms with Crippen molar-refractivity contribution < 1.29 is 19.8 Å². The maximum atomic E-state index is 2.66. The van der Waals surface area contributed by atoms with Gasteiger partial charge in [0.2, 0.25) is 0 Å². The van der Waals surface area contributed by atoms with Gasteiger partial charge in [-0.1, -0.05) is 0 Å². The SMILES string of the molecule is [CH3][Zr](=[CH]c1ccccc1)([C]1=CC=CC1)[c]1cccc2c1Cc1ccccc1-2. The van der Waals surface area contributed by atoms with E-state index in [0.29, 0.717) is 0 Å². The molecule has 2 aliphatic rings. The second-order valence-electron chi connectivity index (χ2n) is 7.75. The Balaban J connectivity index is 1.75. The predicted octanol–water partition coefficient (Wildman–Crippen LogP) is 5.78. The van der Waals surface area contributed by atoms with Crippen LogP contribution in [0.1, 0.15) is 23.1 Å². The molecule has 3 aromatic rings. The van der Waals surface area contributed by atoms with E-state index in [1.807, 2.05) is 0 Å². The molecule has 1 atom stereocenters. The summed E-state index contributed by atoms with van der Waals surface area (Å²) in [6, 6.07) is 26.9. The van der Waals surface area contributed by atoms with Gasteiger partial charge in [0, 0.05) is 0 Å². The summed E-state index contributed by atoms with van der Waals surface area (Å²) < 4.78 is 8.58. The zero-order valence-electron chi connectivity index (χ0n) is 15.7. The minimum absolute atomic E-state index is 1.08. The summed E-state index contributed by atoms with van der Waals surface area (Å²) in [6.45, 7) is 0. The van der Waals surface area contributed by atoms with Crippen molar-refractivity contribution >= 4 is 6.98 Å². The maximum absolute atomic E-state index is 2.90. The van der Waals surface area contributed by atoms with Gasteiger partial charge in [-0.15, -0.1) is 0 Å². The Morgan fingerprint density at radius 2 is 1.59 bits per heavy atom. The molecule has 0 aliphatic heterocycles. The summed E-state index contributed by atoms with van der Waals surface area (Å²) in [7, 11) is 0. The van der Waals surface area contributed by atoms with Gasteiger partial charge in [-0.05, 0) is 0 Å². The zero-order chi connectivity index (χ0) is 18.3. The van der Waals surface area contributed by atoms with E-state index in [2.05, 4.69) is 99.4 Å². The van der Waals surface area contributed by atoms with Crippen molar-refractivity contribution in [3.63, 3.8) is 0 Å². The minimum atomic E-state index is -2.90. The van der Waals surface area contributed by atoms with Crippen molar-refractivity contribution in [2.75, 3.05) is 0 Å². The summed E-state index contributed by atoms with van der Waals surface area (Å²) in [5.74, 6) is 0. The molecule has 0 spiro atoms. The first kappa shape index (κ1) is 17.0. The third-order valence-corrected chi connectivity index (χ3v) is 16.4. The molecule has 0 amide bonds. The van der Waals surface area contributed by atoms with E-state index in [9.17, 15) is 0 Å². The Morgan fingerprint density at radius 1 is 0.815 bits per heavy atom. The van der Waals surface area contributed by atoms with Gasteiger partial charge >= 0.3 is 166 Å². The van der Waals surface area contributed by atoms with E-state index < -0.39 is 19.8 Å². The van der Waals surface area contributed by atoms with Gasteiger partial charge < -0.3 is 0 Å². The van der Waals surface area contributed by atoms with Crippen LogP contribution in [-0.2, 0) is 26.2 Å². The van der Waals surface area contributed by atoms with E-state index in [1.165, 1.54) is 22.3 Å². The van der Waals surface area contributed by atoms with Crippen molar-refractivity contribution in [3.8, 4) is 11.1 Å². The van der Waals surface area contributed by atoms with Gasteiger partial charge in [0.25, 0.3) is 0 Å². The molecule has 0 bridgehead atoms. The first-order valence-corrected chi connectivity index (χ1v) is 16.1. The van der Waals surface area contributed by atoms with E-state index in [-0.39, 0.29) is 0 Å². The Hall–Kier alpha value is -2.11. The summed E-state index contributed by atoms with van der Waals surface area (Å²) >= 11 is -2.90. The molecule has 0 N–H and O–H groups in total. The molecule has 2 aliphatic carbocycles. The third-order valence-electron chi connectivity index (χ3n) is 6.10. The van der Waals surface area contributed by atoms with Crippen molar-refractivity contribution in [3.05, 3.63) is 111 Å². The van der Waals surface area contributed by atoms with Crippen LogP contribution in [0, 0.1) is 0 Å². The zero-order valence-corrected chi connectivity index (χ0v) is 18.1. The average Bonchev–Trinajstić information content (AvgIpc) is 3.37. The second kappa shape index (κ2) is 6.81. The van der Waals surface area contributed by atoms with Gasteiger partial charge in [-0.3, -0.25) is 0 Å². The summed E-state index contributed by atoms with van der Waals surface area (Å²) in [4.78, 5) is 0. The Kier molecular flexibility index (Phi) is 4.29. The number of fused-ring (bicyclic) bond motifs is 3. The average molecular weight is 427 g/mol. The molecule has 0 fully saturated rings. The van der Waals surface area contributed by atoms with Crippen LogP contribution in [0.15, 0.2) is 94.3 Å². The van der Waals surface area contributed by atoms with Crippen LogP contribution < -0.4 is 3.27 Å². The number of rotatable bonds is 3. The number of hydrogen-bond acceptors (Lipinski definition) is 0. The molecule has 3 aromatic carbocycles. The van der Waals surface area contributed by atoms with Crippen molar-refractivity contribution in [1.82, 2.24) is 0 Å². The van der Waals surface area contributed by atoms with Crippen LogP contribution in [0.5, 0.6) is 0 Å². The molecule has 0 radical (unpaired) electrons. The standard InChI is InChI=1S/C13H9.C7H6.C5H5.CH3.Zr/c1-3-7-12-10(5-1)9-11-6-2-4-8-13(11)12;1-7-5-3-2-4-6-7;1-2-4-5-3-1;;/h1-5,7-8H,9H2;1-6H;1-3H,4H2;1H3;. The molecule has 0 saturated heterocycles. The number of allylic oxidation sites excluding steroid dienone is 4. The molecule has 27 heavy (non-hydrogen) atoms. The van der Waals surface area contributed by atoms with E-state index in [4.69, 9.17) is 0 Å². The Morgan fingerprint density at radius 3 is 2.41 bits per heavy atom. The fourth-order valence-corrected chi connectivity index (χ4v) is 14.1. The number of benzene rings is 3. The molecule has 131 valence electrons. The van der Waals surface area contributed by atoms with E-state index >= 15 is 0 Å². The quantitative estimate of drug-likeness (QED) is 0.389. The van der Waals surface area contributed by atoms with Gasteiger partial charge in [-0.2, -0.15) is 0 Å². The van der Waals surface area contributed by atoms with Crippen LogP contribution in [-0.4, -0.2) is 3.71 Å². The monoisotopic (exact) mass is 425 g/mol. The Labute approximate surface area is 165 Å². The van der Waals surface area contributed by atoms with Crippen LogP contribution in [0.2, 0.25) is 4.63 Å². The predicted molar refractivity (Wildman–Crippen MR) is 114 cm³/mol. The van der Waals surface area contributed by atoms with Gasteiger partial charge in [0.05, 0.1) is 0 Å². The fourth-order valence-electron chi connectivity index (χ4n) is 4.70. The van der Waals surface area contributed by atoms with Gasteiger partial charge in [0.1, 0.15) is 0 Å². The normalized spacial score (nSPS) is 16.4. The van der Waals surface area contributed by atoms with E-state index in [0.717, 1.165) is 12.8 Å². The van der Waals surface area contributed by atoms with Crippen LogP contribution in [0.25, 0.3) is 11.1 Å². The van der Waals surface area contributed by atoms with Crippen LogP contribution >= 0.6 is 0 Å². The van der Waals surface area contributed by atoms with Crippen molar-refractivity contribution in [1.29, 1.82) is 0 Å². The van der Waals surface area contributed by atoms with Gasteiger partial charge in [0.15, 0.2) is 0 Å². The molecule has 0 saturated carbocycles. The fraction of sp³-hybridized carbons (Fsp3) is 0.115. The molecule has 0 aromatic heterocycles. The topological polar surface area (TPSA) is 0 Å². The molecule has 1 heteroatoms. The second-order valence-corrected chi connectivity index (χ2v) is 17.3. The summed E-state index contributed by atoms with van der Waals surface area (Å²) in [5, 5.41) is 0. The van der Waals surface area contributed by atoms with Crippen LogP contribution in [0.4, 0.5) is 0 Å². The molecule has 1 unspecified atom stereocenters. The molecular weight excluding hydrogens is 404 g/mol. The molecule has 0 nitrogen and oxygen atoms in total. The third kappa shape index (κ3) is 2.90. The Bertz CT molecular complexity index is 1130. The first-order valence-electron chi connectivity index (χ1n) is 9.73. The van der Waals surface area contributed by atoms with Crippen LogP contribution in [0.3, 0.4) is 0 Å². The number of hydrogen-bond donors (Lipinski definition) is 0. The molecule has 0 heterocycles. The van der Waals surface area contributed by atoms with Crippen molar-refractivity contribution in [2.45, 2.75) is 17.5 Å². The summed E-state index contributed by atoms with van der Waals surface area (Å²) in [6.07, 6.45) is 9.17. The first-order chi connectivity index (χ1) is 13.3. The molecular formula is C26H23Zr. The van der Waals surface area contributed by atoms with E-state index in [1.54, 1.807) is 12.1 Å². The molecule has 5 rings (SSSR count). The van der Waals surface area contributed by atoms with Gasteiger partial charge in [-0.25, -0.2) is 0 Å². The summed E-state index contributed by atoms with van der Waals surface area (Å²) in [5.41, 5.74) is 7.32.